The van der Waals surface area contributed by atoms with Gasteiger partial charge in [0.05, 0.1) is 11.4 Å². The van der Waals surface area contributed by atoms with Crippen molar-refractivity contribution < 1.29 is 26.0 Å². The number of aryl methyl sites for hydroxylation is 2. The number of sulfone groups is 1. The van der Waals surface area contributed by atoms with Crippen molar-refractivity contribution >= 4 is 49.2 Å². The van der Waals surface area contributed by atoms with Crippen molar-refractivity contribution in [3.8, 4) is 33.9 Å². The molecule has 1 fully saturated rings. The van der Waals surface area contributed by atoms with Crippen LogP contribution in [0.1, 0.15) is 24.0 Å². The van der Waals surface area contributed by atoms with E-state index in [1.165, 1.54) is 18.2 Å². The summed E-state index contributed by atoms with van der Waals surface area (Å²) in [4.78, 5) is 43.2. The molecule has 4 aromatic heterocycles. The third-order valence-corrected chi connectivity index (χ3v) is 11.7. The molecule has 0 unspecified atom stereocenters. The van der Waals surface area contributed by atoms with Crippen LogP contribution in [0.3, 0.4) is 0 Å². The number of aromatic nitrogens is 6. The lowest BCUT2D eigenvalue weighted by atomic mass is 10.0. The normalized spacial score (nSPS) is 13.2. The van der Waals surface area contributed by atoms with E-state index in [1.54, 1.807) is 43.3 Å². The Morgan fingerprint density at radius 2 is 1.08 bits per heavy atom. The molecular weight excluding hydrogens is 865 g/mol. The van der Waals surface area contributed by atoms with Gasteiger partial charge in [0, 0.05) is 57.7 Å². The molecule has 65 heavy (non-hydrogen) atoms. The molecule has 0 spiro atoms. The summed E-state index contributed by atoms with van der Waals surface area (Å²) in [6, 6.07) is 22.6. The second kappa shape index (κ2) is 17.6. The van der Waals surface area contributed by atoms with Crippen molar-refractivity contribution in [3.63, 3.8) is 0 Å². The molecule has 4 aromatic carbocycles. The predicted molar refractivity (Wildman–Crippen MR) is 242 cm³/mol. The third kappa shape index (κ3) is 8.75. The van der Waals surface area contributed by atoms with E-state index in [1.807, 2.05) is 13.0 Å². The van der Waals surface area contributed by atoms with Crippen molar-refractivity contribution in [1.82, 2.24) is 34.4 Å². The van der Waals surface area contributed by atoms with Gasteiger partial charge in [-0.1, -0.05) is 24.3 Å². The molecule has 0 radical (unpaired) electrons. The monoisotopic (exact) mass is 904 g/mol. The van der Waals surface area contributed by atoms with E-state index in [-0.39, 0.29) is 34.4 Å². The number of fused-ring (bicyclic) bond motifs is 2. The number of anilines is 3. The van der Waals surface area contributed by atoms with Crippen LogP contribution >= 0.6 is 0 Å². The Morgan fingerprint density at radius 3 is 1.54 bits per heavy atom. The number of para-hydroxylation sites is 2. The number of hydrogen-bond acceptors (Lipinski definition) is 12. The predicted octanol–water partition coefficient (Wildman–Crippen LogP) is 6.80. The number of pyridine rings is 2. The van der Waals surface area contributed by atoms with Gasteiger partial charge in [-0.3, -0.25) is 18.7 Å². The molecule has 19 heteroatoms. The second-order valence-corrected chi connectivity index (χ2v) is 17.4. The minimum absolute atomic E-state index is 0.111. The van der Waals surface area contributed by atoms with Gasteiger partial charge in [0.1, 0.15) is 34.6 Å². The Kier molecular flexibility index (Phi) is 11.9. The molecule has 0 bridgehead atoms. The molecule has 0 atom stereocenters. The number of hydrogen-bond donors (Lipinski definition) is 4. The first-order chi connectivity index (χ1) is 31.0. The second-order valence-electron chi connectivity index (χ2n) is 15.5. The molecular formula is C46H40F4N10O4S. The zero-order chi connectivity index (χ0) is 46.3. The molecule has 0 amide bonds. The maximum Gasteiger partial charge on any atom is 0.256 e. The summed E-state index contributed by atoms with van der Waals surface area (Å²) in [5.74, 6) is -3.44. The van der Waals surface area contributed by atoms with Crippen LogP contribution < -0.4 is 33.2 Å². The lowest BCUT2D eigenvalue weighted by Crippen LogP contribution is -2.35. The lowest BCUT2D eigenvalue weighted by Gasteiger charge is -2.24. The number of halogens is 4. The summed E-state index contributed by atoms with van der Waals surface area (Å²) in [5, 5.41) is 6.77. The van der Waals surface area contributed by atoms with Crippen LogP contribution in [-0.2, 0) is 9.84 Å². The minimum atomic E-state index is -3.94. The summed E-state index contributed by atoms with van der Waals surface area (Å²) in [6.07, 6.45) is 2.65. The molecule has 14 nitrogen and oxygen atoms in total. The molecule has 9 rings (SSSR count). The summed E-state index contributed by atoms with van der Waals surface area (Å²) in [6.45, 7) is 5.42. The van der Waals surface area contributed by atoms with Crippen LogP contribution in [0, 0.1) is 37.1 Å². The first kappa shape index (κ1) is 44.1. The maximum atomic E-state index is 14.8. The van der Waals surface area contributed by atoms with E-state index in [0.717, 1.165) is 89.8 Å². The Morgan fingerprint density at radius 1 is 0.631 bits per heavy atom. The largest absolute Gasteiger partial charge is 0.399 e. The van der Waals surface area contributed by atoms with Gasteiger partial charge in [-0.15, -0.1) is 0 Å². The highest BCUT2D eigenvalue weighted by atomic mass is 32.2. The quantitative estimate of drug-likeness (QED) is 0.0741. The van der Waals surface area contributed by atoms with Crippen molar-refractivity contribution in [2.24, 2.45) is 0 Å². The average molecular weight is 905 g/mol. The number of nitrogens with zero attached hydrogens (tertiary/aromatic N) is 6. The minimum Gasteiger partial charge on any atom is -0.399 e. The number of nitrogens with one attached hydrogen (secondary N) is 2. The summed E-state index contributed by atoms with van der Waals surface area (Å²) in [7, 11) is -3.94. The van der Waals surface area contributed by atoms with Gasteiger partial charge >= 0.3 is 0 Å². The zero-order valence-electron chi connectivity index (χ0n) is 35.0. The SMILES string of the molecule is Cc1ccc(N)cc1-c1nc(NC2CCNCC2)nc2c1ccc(=O)n2-c1c(F)cccc1F.Cc1ccc(N)cc1-c1nc(S(C)(=O)=O)nc2c1ccc(=O)n2-c1c(F)cccc1F. The van der Waals surface area contributed by atoms with Crippen LogP contribution in [0.2, 0.25) is 0 Å². The van der Waals surface area contributed by atoms with Crippen LogP contribution in [0.25, 0.3) is 56.0 Å². The smallest absolute Gasteiger partial charge is 0.256 e. The lowest BCUT2D eigenvalue weighted by molar-refractivity contribution is 0.477. The molecule has 0 saturated carbocycles. The first-order valence-corrected chi connectivity index (χ1v) is 22.1. The van der Waals surface area contributed by atoms with Gasteiger partial charge < -0.3 is 22.1 Å². The molecule has 0 aliphatic carbocycles. The summed E-state index contributed by atoms with van der Waals surface area (Å²) < 4.78 is 84.9. The fraction of sp³-hybridized carbons (Fsp3) is 0.174. The Balaban J connectivity index is 0.000000178. The standard InChI is InChI=1S/C25H24F2N6O.C21H16F2N4O3S/c1-14-5-6-15(28)13-18(14)22-17-7-8-21(34)33(23-19(26)3-2-4-20(23)27)24(17)32-25(31-22)30-16-9-11-29-12-10-16;1-11-6-7-12(24)10-14(11)18-13-8-9-17(28)27(19-15(22)4-3-5-16(19)23)20(13)26-21(25-18)31(2,29)30/h2-8,13,16,29H,9-12,28H2,1H3,(H,30,31,32);3-10H,24H2,1-2H3. The number of piperidine rings is 1. The van der Waals surface area contributed by atoms with Gasteiger partial charge in [-0.25, -0.2) is 35.9 Å². The number of rotatable bonds is 7. The van der Waals surface area contributed by atoms with E-state index in [9.17, 15) is 35.6 Å². The number of benzene rings is 4. The Labute approximate surface area is 368 Å². The van der Waals surface area contributed by atoms with E-state index in [4.69, 9.17) is 16.5 Å². The van der Waals surface area contributed by atoms with Gasteiger partial charge in [-0.05, 0) is 112 Å². The van der Waals surface area contributed by atoms with E-state index >= 15 is 0 Å². The average Bonchev–Trinajstić information content (AvgIpc) is 3.26. The van der Waals surface area contributed by atoms with Crippen LogP contribution in [0.5, 0.6) is 0 Å². The third-order valence-electron chi connectivity index (χ3n) is 10.8. The van der Waals surface area contributed by atoms with Crippen LogP contribution in [0.4, 0.5) is 34.9 Å². The van der Waals surface area contributed by atoms with Crippen LogP contribution in [0.15, 0.2) is 112 Å². The highest BCUT2D eigenvalue weighted by Gasteiger charge is 2.25. The van der Waals surface area contributed by atoms with Crippen molar-refractivity contribution in [2.45, 2.75) is 37.9 Å². The molecule has 332 valence electrons. The molecule has 5 heterocycles. The molecule has 8 aromatic rings. The van der Waals surface area contributed by atoms with Crippen LogP contribution in [-0.4, -0.2) is 62.9 Å². The highest BCUT2D eigenvalue weighted by Crippen LogP contribution is 2.34. The fourth-order valence-electron chi connectivity index (χ4n) is 7.63. The Bertz CT molecular complexity index is 3390. The zero-order valence-corrected chi connectivity index (χ0v) is 35.9. The highest BCUT2D eigenvalue weighted by molar-refractivity contribution is 7.90. The topological polar surface area (TPSA) is 206 Å². The molecule has 1 aliphatic heterocycles. The maximum absolute atomic E-state index is 14.8. The van der Waals surface area contributed by atoms with Gasteiger partial charge in [0.25, 0.3) is 11.1 Å². The van der Waals surface area contributed by atoms with Gasteiger partial charge in [-0.2, -0.15) is 9.97 Å². The van der Waals surface area contributed by atoms with Gasteiger partial charge in [0.15, 0.2) is 11.3 Å². The fourth-order valence-corrected chi connectivity index (χ4v) is 8.14. The van der Waals surface area contributed by atoms with E-state index in [2.05, 4.69) is 25.6 Å². The van der Waals surface area contributed by atoms with Crippen molar-refractivity contribution in [2.75, 3.05) is 36.1 Å². The van der Waals surface area contributed by atoms with E-state index in [0.29, 0.717) is 32.6 Å². The molecule has 1 saturated heterocycles. The van der Waals surface area contributed by atoms with Crippen molar-refractivity contribution in [3.05, 3.63) is 152 Å². The van der Waals surface area contributed by atoms with Gasteiger partial charge in [0.2, 0.25) is 20.9 Å². The summed E-state index contributed by atoms with van der Waals surface area (Å²) in [5.41, 5.74) is 13.8. The Hall–Kier alpha value is -7.51. The number of nitrogens with two attached hydrogens (primary N) is 2. The van der Waals surface area contributed by atoms with Crippen molar-refractivity contribution in [1.29, 1.82) is 0 Å². The molecule has 1 aliphatic rings. The molecule has 6 N–H and O–H groups in total. The number of nitrogen functional groups attached to an aromatic ring is 2. The van der Waals surface area contributed by atoms with E-state index < -0.39 is 60.8 Å². The summed E-state index contributed by atoms with van der Waals surface area (Å²) >= 11 is 0. The first-order valence-electron chi connectivity index (χ1n) is 20.2.